The highest BCUT2D eigenvalue weighted by Crippen LogP contribution is 2.34. The molecule has 3 aromatic rings. The highest BCUT2D eigenvalue weighted by atomic mass is 19.4. The van der Waals surface area contributed by atoms with E-state index in [1.807, 2.05) is 30.3 Å². The van der Waals surface area contributed by atoms with E-state index in [1.165, 1.54) is 12.1 Å². The third kappa shape index (κ3) is 4.46. The van der Waals surface area contributed by atoms with Gasteiger partial charge in [0.1, 0.15) is 12.3 Å². The molecule has 0 saturated carbocycles. The average Bonchev–Trinajstić information content (AvgIpc) is 3.01. The fourth-order valence-corrected chi connectivity index (χ4v) is 2.50. The highest BCUT2D eigenvalue weighted by molar-refractivity contribution is 5.91. The molecule has 0 fully saturated rings. The monoisotopic (exact) mass is 375 g/mol. The average molecular weight is 375 g/mol. The number of alkyl halides is 3. The number of ether oxygens (including phenoxy) is 1. The summed E-state index contributed by atoms with van der Waals surface area (Å²) in [6.07, 6.45) is -5.19. The van der Waals surface area contributed by atoms with E-state index in [4.69, 9.17) is 4.74 Å². The minimum Gasteiger partial charge on any atom is -0.444 e. The Labute approximate surface area is 153 Å². The van der Waals surface area contributed by atoms with Crippen molar-refractivity contribution in [3.63, 3.8) is 0 Å². The summed E-state index contributed by atoms with van der Waals surface area (Å²) in [6.45, 7) is 1.72. The molecule has 5 nitrogen and oxygen atoms in total. The second-order valence-electron chi connectivity index (χ2n) is 5.84. The van der Waals surface area contributed by atoms with Gasteiger partial charge in [-0.1, -0.05) is 42.5 Å². The van der Waals surface area contributed by atoms with E-state index in [-0.39, 0.29) is 23.6 Å². The Kier molecular flexibility index (Phi) is 5.16. The van der Waals surface area contributed by atoms with E-state index >= 15 is 0 Å². The number of carbonyl (C=O) groups is 1. The van der Waals surface area contributed by atoms with Crippen LogP contribution < -0.4 is 5.32 Å². The first-order valence-electron chi connectivity index (χ1n) is 8.05. The van der Waals surface area contributed by atoms with Crippen LogP contribution in [0.25, 0.3) is 11.3 Å². The summed E-state index contributed by atoms with van der Waals surface area (Å²) in [4.78, 5) is 12.1. The zero-order chi connectivity index (χ0) is 19.4. The lowest BCUT2D eigenvalue weighted by atomic mass is 10.1. The van der Waals surface area contributed by atoms with Gasteiger partial charge >= 0.3 is 12.3 Å². The number of rotatable bonds is 4. The Hall–Kier alpha value is -3.29. The zero-order valence-electron chi connectivity index (χ0n) is 14.3. The maximum Gasteiger partial charge on any atom is 0.416 e. The first-order chi connectivity index (χ1) is 12.8. The fraction of sp³-hybridized carbons (Fsp3) is 0.158. The second kappa shape index (κ2) is 7.53. The van der Waals surface area contributed by atoms with Gasteiger partial charge in [0.15, 0.2) is 0 Å². The first-order valence-corrected chi connectivity index (χ1v) is 8.05. The first kappa shape index (κ1) is 18.5. The number of benzene rings is 2. The summed E-state index contributed by atoms with van der Waals surface area (Å²) >= 11 is 0. The van der Waals surface area contributed by atoms with Gasteiger partial charge in [-0.2, -0.15) is 18.3 Å². The second-order valence-corrected chi connectivity index (χ2v) is 5.84. The van der Waals surface area contributed by atoms with Crippen molar-refractivity contribution in [3.05, 3.63) is 71.4 Å². The normalized spacial score (nSPS) is 11.3. The van der Waals surface area contributed by atoms with E-state index in [0.29, 0.717) is 5.69 Å². The van der Waals surface area contributed by atoms with Crippen molar-refractivity contribution in [2.24, 2.45) is 0 Å². The van der Waals surface area contributed by atoms with Crippen LogP contribution in [-0.4, -0.2) is 16.3 Å². The number of carbonyl (C=O) groups excluding carboxylic acids is 1. The highest BCUT2D eigenvalue weighted by Gasteiger charge is 2.31. The number of halogens is 3. The van der Waals surface area contributed by atoms with Gasteiger partial charge in [-0.15, -0.1) is 0 Å². The lowest BCUT2D eigenvalue weighted by Crippen LogP contribution is -2.14. The van der Waals surface area contributed by atoms with Crippen LogP contribution in [0.1, 0.15) is 16.8 Å². The molecule has 8 heteroatoms. The Balaban J connectivity index is 1.78. The number of hydrogen-bond donors (Lipinski definition) is 2. The molecule has 3 rings (SSSR count). The minimum atomic E-state index is -4.47. The van der Waals surface area contributed by atoms with Crippen molar-refractivity contribution in [2.75, 3.05) is 5.32 Å². The van der Waals surface area contributed by atoms with Crippen LogP contribution in [0.4, 0.5) is 23.7 Å². The van der Waals surface area contributed by atoms with Crippen LogP contribution in [-0.2, 0) is 17.5 Å². The molecule has 0 radical (unpaired) electrons. The van der Waals surface area contributed by atoms with Crippen molar-refractivity contribution in [2.45, 2.75) is 19.7 Å². The minimum absolute atomic E-state index is 0.0719. The maximum atomic E-state index is 12.9. The molecule has 0 aliphatic heterocycles. The summed E-state index contributed by atoms with van der Waals surface area (Å²) in [5.74, 6) is 0. The van der Waals surface area contributed by atoms with E-state index in [9.17, 15) is 18.0 Å². The van der Waals surface area contributed by atoms with Gasteiger partial charge < -0.3 is 4.74 Å². The molecule has 140 valence electrons. The van der Waals surface area contributed by atoms with Crippen LogP contribution in [0.3, 0.4) is 0 Å². The van der Waals surface area contributed by atoms with Gasteiger partial charge in [0.2, 0.25) is 0 Å². The fourth-order valence-electron chi connectivity index (χ4n) is 2.50. The van der Waals surface area contributed by atoms with E-state index < -0.39 is 17.8 Å². The lowest BCUT2D eigenvalue weighted by molar-refractivity contribution is -0.137. The predicted octanol–water partition coefficient (Wildman–Crippen LogP) is 5.15. The maximum absolute atomic E-state index is 12.9. The number of anilines is 1. The van der Waals surface area contributed by atoms with Gasteiger partial charge in [0, 0.05) is 5.56 Å². The topological polar surface area (TPSA) is 67.0 Å². The van der Waals surface area contributed by atoms with Crippen molar-refractivity contribution in [1.29, 1.82) is 0 Å². The van der Waals surface area contributed by atoms with Crippen LogP contribution in [0.2, 0.25) is 0 Å². The molecule has 27 heavy (non-hydrogen) atoms. The Morgan fingerprint density at radius 2 is 1.89 bits per heavy atom. The molecule has 2 aromatic carbocycles. The van der Waals surface area contributed by atoms with Crippen LogP contribution in [0.15, 0.2) is 54.6 Å². The Morgan fingerprint density at radius 1 is 1.15 bits per heavy atom. The van der Waals surface area contributed by atoms with Crippen molar-refractivity contribution < 1.29 is 22.7 Å². The number of H-pyrrole nitrogens is 1. The molecule has 0 atom stereocenters. The zero-order valence-corrected chi connectivity index (χ0v) is 14.3. The molecule has 0 aliphatic rings. The molecule has 1 aromatic heterocycles. The lowest BCUT2D eigenvalue weighted by Gasteiger charge is -2.10. The molecule has 0 saturated heterocycles. The summed E-state index contributed by atoms with van der Waals surface area (Å²) in [7, 11) is 0. The molecule has 0 bridgehead atoms. The van der Waals surface area contributed by atoms with E-state index in [2.05, 4.69) is 15.5 Å². The Morgan fingerprint density at radius 3 is 2.59 bits per heavy atom. The van der Waals surface area contributed by atoms with Crippen molar-refractivity contribution >= 4 is 11.8 Å². The van der Waals surface area contributed by atoms with E-state index in [0.717, 1.165) is 17.7 Å². The molecular formula is C19H16F3N3O2. The molecule has 0 unspecified atom stereocenters. The van der Waals surface area contributed by atoms with Crippen molar-refractivity contribution in [3.8, 4) is 11.3 Å². The predicted molar refractivity (Wildman–Crippen MR) is 94.0 cm³/mol. The molecule has 0 aliphatic carbocycles. The van der Waals surface area contributed by atoms with Crippen molar-refractivity contribution in [1.82, 2.24) is 10.2 Å². The third-order valence-corrected chi connectivity index (χ3v) is 3.85. The van der Waals surface area contributed by atoms with Gasteiger partial charge in [0.25, 0.3) is 0 Å². The molecule has 1 amide bonds. The number of nitrogens with zero attached hydrogens (tertiary/aromatic N) is 1. The summed E-state index contributed by atoms with van der Waals surface area (Å²) in [5, 5.41) is 9.24. The SMILES string of the molecule is Cc1[nH]nc(-c2cccc(C(F)(F)F)c2)c1NC(=O)OCc1ccccc1. The van der Waals surface area contributed by atoms with Crippen LogP contribution in [0, 0.1) is 6.92 Å². The summed E-state index contributed by atoms with van der Waals surface area (Å²) in [6, 6.07) is 13.9. The smallest absolute Gasteiger partial charge is 0.416 e. The van der Waals surface area contributed by atoms with Crippen LogP contribution in [0.5, 0.6) is 0 Å². The molecule has 0 spiro atoms. The number of nitrogens with one attached hydrogen (secondary N) is 2. The summed E-state index contributed by atoms with van der Waals surface area (Å²) in [5.41, 5.74) is 1.22. The Bertz CT molecular complexity index is 937. The van der Waals surface area contributed by atoms with Crippen LogP contribution >= 0.6 is 0 Å². The number of amides is 1. The standard InChI is InChI=1S/C19H16F3N3O2/c1-12-16(23-18(26)27-11-13-6-3-2-4-7-13)17(25-24-12)14-8-5-9-15(10-14)19(20,21)22/h2-10H,11H2,1H3,(H,23,26)(H,24,25). The third-order valence-electron chi connectivity index (χ3n) is 3.85. The quantitative estimate of drug-likeness (QED) is 0.662. The molecular weight excluding hydrogens is 359 g/mol. The number of hydrogen-bond acceptors (Lipinski definition) is 3. The number of aromatic nitrogens is 2. The van der Waals surface area contributed by atoms with Gasteiger partial charge in [-0.25, -0.2) is 4.79 Å². The summed E-state index contributed by atoms with van der Waals surface area (Å²) < 4.78 is 44.0. The van der Waals surface area contributed by atoms with Gasteiger partial charge in [0.05, 0.1) is 16.9 Å². The molecule has 1 heterocycles. The largest absolute Gasteiger partial charge is 0.444 e. The van der Waals surface area contributed by atoms with Gasteiger partial charge in [-0.05, 0) is 24.6 Å². The number of aryl methyl sites for hydroxylation is 1. The van der Waals surface area contributed by atoms with Gasteiger partial charge in [-0.3, -0.25) is 10.4 Å². The molecule has 2 N–H and O–H groups in total. The number of aromatic amines is 1. The van der Waals surface area contributed by atoms with E-state index in [1.54, 1.807) is 6.92 Å².